The monoisotopic (exact) mass is 921 g/mol. The molecule has 0 bridgehead atoms. The van der Waals surface area contributed by atoms with Crippen molar-refractivity contribution in [3.05, 3.63) is 215 Å². The van der Waals surface area contributed by atoms with Crippen molar-refractivity contribution in [3.63, 3.8) is 0 Å². The van der Waals surface area contributed by atoms with Crippen LogP contribution in [0.1, 0.15) is 39.8 Å². The quantitative estimate of drug-likeness (QED) is 0.0550. The van der Waals surface area contributed by atoms with E-state index in [-0.39, 0.29) is 24.9 Å². The first-order chi connectivity index (χ1) is 33.7. The number of hydroxylamine groups is 2. The molecule has 0 spiro atoms. The molecule has 6 aromatic rings. The summed E-state index contributed by atoms with van der Waals surface area (Å²) in [6, 6.07) is 60.5. The largest absolute Gasteiger partial charge is 0.376 e. The van der Waals surface area contributed by atoms with Crippen molar-refractivity contribution >= 4 is 0 Å². The summed E-state index contributed by atoms with van der Waals surface area (Å²) in [6.45, 7) is 3.24. The van der Waals surface area contributed by atoms with Crippen molar-refractivity contribution in [1.29, 1.82) is 0 Å². The molecule has 3 saturated heterocycles. The maximum atomic E-state index is 7.00. The molecule has 3 aliphatic heterocycles. The fourth-order valence-electron chi connectivity index (χ4n) is 9.33. The molecule has 0 N–H and O–H groups in total. The Balaban J connectivity index is 0.944. The summed E-state index contributed by atoms with van der Waals surface area (Å²) < 4.78 is 59.4. The summed E-state index contributed by atoms with van der Waals surface area (Å²) in [5.41, 5.74) is 6.39. The number of fused-ring (bicyclic) bond motifs is 1. The van der Waals surface area contributed by atoms with Crippen molar-refractivity contribution in [2.24, 2.45) is 0 Å². The van der Waals surface area contributed by atoms with Gasteiger partial charge in [0.1, 0.15) is 42.7 Å². The van der Waals surface area contributed by atoms with Crippen LogP contribution in [-0.2, 0) is 87.1 Å². The second-order valence-corrected chi connectivity index (χ2v) is 17.6. The fourth-order valence-corrected chi connectivity index (χ4v) is 9.33. The van der Waals surface area contributed by atoms with E-state index in [4.69, 9.17) is 47.5 Å². The SMILES string of the molecule is CO[C@H]1O[C@@H](COC[C@@H]2C[C@H]3[C@H](OCc4ccccc4)[C@@H](OCc4ccccc4)[C@H]([C@@H](COCc4ccccc4)OCc4ccccc4)N3O2)[C@H](OCc2ccccc2)[C@H]1OCc1ccccc1. The number of nitrogens with zero attached hydrogens (tertiary/aromatic N) is 1. The first-order valence-corrected chi connectivity index (χ1v) is 23.8. The van der Waals surface area contributed by atoms with Gasteiger partial charge in [-0.15, -0.1) is 0 Å². The molecule has 3 aliphatic rings. The van der Waals surface area contributed by atoms with E-state index in [1.54, 1.807) is 7.11 Å². The molecular weight excluding hydrogens is 859 g/mol. The third-order valence-corrected chi connectivity index (χ3v) is 12.7. The van der Waals surface area contributed by atoms with Gasteiger partial charge in [-0.05, 0) is 39.8 Å². The van der Waals surface area contributed by atoms with Crippen LogP contribution in [0.15, 0.2) is 182 Å². The number of rotatable bonds is 25. The van der Waals surface area contributed by atoms with Crippen LogP contribution in [0.5, 0.6) is 0 Å². The molecule has 9 rings (SSSR count). The minimum atomic E-state index is -0.644. The van der Waals surface area contributed by atoms with Crippen molar-refractivity contribution in [1.82, 2.24) is 5.06 Å². The number of hydrogen-bond donors (Lipinski definition) is 0. The number of hydrogen-bond acceptors (Lipinski definition) is 11. The van der Waals surface area contributed by atoms with Gasteiger partial charge < -0.3 is 42.6 Å². The Morgan fingerprint density at radius 2 is 0.897 bits per heavy atom. The van der Waals surface area contributed by atoms with Gasteiger partial charge in [0.2, 0.25) is 0 Å². The van der Waals surface area contributed by atoms with Crippen molar-refractivity contribution in [2.75, 3.05) is 26.9 Å². The molecule has 356 valence electrons. The molecule has 10 atom stereocenters. The lowest BCUT2D eigenvalue weighted by Crippen LogP contribution is -2.50. The highest BCUT2D eigenvalue weighted by molar-refractivity contribution is 5.19. The summed E-state index contributed by atoms with van der Waals surface area (Å²) in [7, 11) is 1.63. The first kappa shape index (κ1) is 47.9. The van der Waals surface area contributed by atoms with Crippen molar-refractivity contribution < 1.29 is 47.5 Å². The van der Waals surface area contributed by atoms with Gasteiger partial charge in [0.25, 0.3) is 0 Å². The van der Waals surface area contributed by atoms with E-state index in [1.165, 1.54) is 0 Å². The van der Waals surface area contributed by atoms with Crippen molar-refractivity contribution in [2.45, 2.75) is 107 Å². The van der Waals surface area contributed by atoms with E-state index in [2.05, 4.69) is 53.6 Å². The molecule has 0 aromatic heterocycles. The van der Waals surface area contributed by atoms with Crippen LogP contribution in [0.2, 0.25) is 0 Å². The van der Waals surface area contributed by atoms with E-state index >= 15 is 0 Å². The molecule has 0 unspecified atom stereocenters. The summed E-state index contributed by atoms with van der Waals surface area (Å²) in [6.07, 6.45) is -2.97. The standard InChI is InChI=1S/C57H63NO10/c1-59-57-56(66-38-47-30-18-7-19-31-47)54(64-36-45-26-14-5-15-27-45)51(67-57)41-61-39-48-32-49-53(63-35-44-24-12-4-13-25-44)55(65-37-46-28-16-6-17-29-46)52(58(49)68-48)50(62-34-43-22-10-3-11-23-43)40-60-33-42-20-8-2-9-21-42/h2-31,48-57H,32-41H2,1H3/t48-,49-,50+,51-,52-,53-,54-,55-,56+,57-/m0/s1. The molecule has 6 aromatic carbocycles. The van der Waals surface area contributed by atoms with Crippen LogP contribution in [0.25, 0.3) is 0 Å². The Bertz CT molecular complexity index is 2320. The van der Waals surface area contributed by atoms with Crippen LogP contribution < -0.4 is 0 Å². The molecule has 0 amide bonds. The molecule has 11 heteroatoms. The third-order valence-electron chi connectivity index (χ3n) is 12.7. The summed E-state index contributed by atoms with van der Waals surface area (Å²) >= 11 is 0. The lowest BCUT2D eigenvalue weighted by Gasteiger charge is -2.34. The van der Waals surface area contributed by atoms with Crippen molar-refractivity contribution in [3.8, 4) is 0 Å². The Kier molecular flexibility index (Phi) is 17.6. The molecule has 0 radical (unpaired) electrons. The predicted molar refractivity (Wildman–Crippen MR) is 257 cm³/mol. The second kappa shape index (κ2) is 24.9. The summed E-state index contributed by atoms with van der Waals surface area (Å²) in [4.78, 5) is 7.00. The maximum Gasteiger partial charge on any atom is 0.186 e. The Labute approximate surface area is 400 Å². The van der Waals surface area contributed by atoms with Gasteiger partial charge in [0.15, 0.2) is 6.29 Å². The van der Waals surface area contributed by atoms with Gasteiger partial charge in [-0.3, -0.25) is 4.84 Å². The van der Waals surface area contributed by atoms with Crippen LogP contribution in [-0.4, -0.2) is 93.1 Å². The number of methoxy groups -OCH3 is 1. The van der Waals surface area contributed by atoms with E-state index in [0.717, 1.165) is 33.4 Å². The van der Waals surface area contributed by atoms with E-state index < -0.39 is 42.9 Å². The van der Waals surface area contributed by atoms with Crippen LogP contribution in [0, 0.1) is 0 Å². The minimum Gasteiger partial charge on any atom is -0.376 e. The van der Waals surface area contributed by atoms with E-state index in [9.17, 15) is 0 Å². The van der Waals surface area contributed by atoms with Crippen LogP contribution in [0.4, 0.5) is 0 Å². The van der Waals surface area contributed by atoms with Crippen LogP contribution >= 0.6 is 0 Å². The van der Waals surface area contributed by atoms with Crippen LogP contribution in [0.3, 0.4) is 0 Å². The normalized spacial score (nSPS) is 25.1. The van der Waals surface area contributed by atoms with E-state index in [1.807, 2.05) is 133 Å². The minimum absolute atomic E-state index is 0.173. The Hall–Kier alpha value is -5.12. The lowest BCUT2D eigenvalue weighted by atomic mass is 10.00. The zero-order valence-electron chi connectivity index (χ0n) is 38.7. The van der Waals surface area contributed by atoms with Gasteiger partial charge in [-0.2, -0.15) is 5.06 Å². The van der Waals surface area contributed by atoms with Gasteiger partial charge in [0, 0.05) is 7.11 Å². The summed E-state index contributed by atoms with van der Waals surface area (Å²) in [5, 5.41) is 2.08. The predicted octanol–water partition coefficient (Wildman–Crippen LogP) is 9.27. The number of ether oxygens (including phenoxy) is 9. The zero-order chi connectivity index (χ0) is 46.2. The highest BCUT2D eigenvalue weighted by Crippen LogP contribution is 2.42. The molecule has 0 aliphatic carbocycles. The molecule has 11 nitrogen and oxygen atoms in total. The van der Waals surface area contributed by atoms with Gasteiger partial charge in [-0.1, -0.05) is 182 Å². The Morgan fingerprint density at radius 1 is 0.471 bits per heavy atom. The second-order valence-electron chi connectivity index (χ2n) is 17.6. The Morgan fingerprint density at radius 3 is 1.38 bits per heavy atom. The highest BCUT2D eigenvalue weighted by atomic mass is 16.7. The average molecular weight is 922 g/mol. The highest BCUT2D eigenvalue weighted by Gasteiger charge is 2.59. The van der Waals surface area contributed by atoms with Gasteiger partial charge in [-0.25, -0.2) is 0 Å². The topological polar surface area (TPSA) is 95.5 Å². The molecule has 3 fully saturated rings. The molecule has 3 heterocycles. The van der Waals surface area contributed by atoms with Gasteiger partial charge >= 0.3 is 0 Å². The zero-order valence-corrected chi connectivity index (χ0v) is 38.7. The smallest absolute Gasteiger partial charge is 0.186 e. The maximum absolute atomic E-state index is 7.00. The molecule has 68 heavy (non-hydrogen) atoms. The molecular formula is C57H63NO10. The van der Waals surface area contributed by atoms with E-state index in [0.29, 0.717) is 59.3 Å². The first-order valence-electron chi connectivity index (χ1n) is 23.8. The summed E-state index contributed by atoms with van der Waals surface area (Å²) in [5.74, 6) is 0. The average Bonchev–Trinajstić information content (AvgIpc) is 4.05. The third kappa shape index (κ3) is 12.9. The number of benzene rings is 6. The van der Waals surface area contributed by atoms with Gasteiger partial charge in [0.05, 0.1) is 71.5 Å². The lowest BCUT2D eigenvalue weighted by molar-refractivity contribution is -0.227. The fraction of sp³-hybridized carbons (Fsp3) is 0.368. The molecule has 0 saturated carbocycles.